The van der Waals surface area contributed by atoms with Crippen molar-refractivity contribution in [3.8, 4) is 0 Å². The van der Waals surface area contributed by atoms with Crippen LogP contribution < -0.4 is 10.0 Å². The molecule has 148 valence electrons. The van der Waals surface area contributed by atoms with Gasteiger partial charge in [-0.05, 0) is 25.2 Å². The summed E-state index contributed by atoms with van der Waals surface area (Å²) in [6.45, 7) is 6.00. The second kappa shape index (κ2) is 7.44. The van der Waals surface area contributed by atoms with Crippen LogP contribution in [0.25, 0.3) is 0 Å². The van der Waals surface area contributed by atoms with E-state index in [1.165, 1.54) is 12.8 Å². The van der Waals surface area contributed by atoms with Crippen molar-refractivity contribution in [1.82, 2.24) is 19.8 Å². The summed E-state index contributed by atoms with van der Waals surface area (Å²) < 4.78 is 25.7. The van der Waals surface area contributed by atoms with Gasteiger partial charge in [-0.2, -0.15) is 0 Å². The molecule has 3 rings (SSSR count). The van der Waals surface area contributed by atoms with E-state index in [9.17, 15) is 18.0 Å². The largest absolute Gasteiger partial charge is 0.354 e. The molecule has 2 aliphatic heterocycles. The maximum atomic E-state index is 13.1. The Labute approximate surface area is 155 Å². The molecule has 3 aliphatic rings. The lowest BCUT2D eigenvalue weighted by atomic mass is 10.0. The number of nitrogens with one attached hydrogen (secondary N) is 2. The minimum Gasteiger partial charge on any atom is -0.354 e. The zero-order chi connectivity index (χ0) is 19.1. The summed E-state index contributed by atoms with van der Waals surface area (Å²) >= 11 is 0. The minimum absolute atomic E-state index is 0.00348. The predicted molar refractivity (Wildman–Crippen MR) is 97.8 cm³/mol. The van der Waals surface area contributed by atoms with Gasteiger partial charge in [0.05, 0.1) is 6.26 Å². The van der Waals surface area contributed by atoms with Crippen LogP contribution in [0.4, 0.5) is 0 Å². The number of fused-ring (bicyclic) bond motifs is 1. The second-order valence-corrected chi connectivity index (χ2v) is 10.1. The molecular weight excluding hydrogens is 356 g/mol. The fourth-order valence-electron chi connectivity index (χ4n) is 3.95. The van der Waals surface area contributed by atoms with Crippen LogP contribution in [-0.4, -0.2) is 80.6 Å². The van der Waals surface area contributed by atoms with Gasteiger partial charge in [-0.15, -0.1) is 0 Å². The maximum absolute atomic E-state index is 13.1. The molecule has 8 nitrogen and oxygen atoms in total. The van der Waals surface area contributed by atoms with Crippen LogP contribution >= 0.6 is 0 Å². The smallest absolute Gasteiger partial charge is 0.242 e. The first kappa shape index (κ1) is 19.6. The highest BCUT2D eigenvalue weighted by Crippen LogP contribution is 2.33. The number of hydrogen-bond donors (Lipinski definition) is 2. The second-order valence-electron chi connectivity index (χ2n) is 8.28. The van der Waals surface area contributed by atoms with Crippen LogP contribution in [0.3, 0.4) is 0 Å². The van der Waals surface area contributed by atoms with E-state index in [1.54, 1.807) is 4.90 Å². The molecular formula is C17H30N4O4S. The Hall–Kier alpha value is -1.19. The number of carbonyl (C=O) groups is 2. The predicted octanol–water partition coefficient (Wildman–Crippen LogP) is -0.628. The molecule has 9 heteroatoms. The standard InChI is InChI=1S/C17H30N4O4S/c1-11(2)16(22)18-7-15-17(23)21-9-13(19-26(3,24)25)6-14(21)10-20(15)8-12-4-5-12/h11-15,19H,4-10H2,1-3H3,(H,18,22)/t13-,14-,15-/m0/s1. The van der Waals surface area contributed by atoms with Crippen molar-refractivity contribution >= 4 is 21.8 Å². The molecule has 0 unspecified atom stereocenters. The number of nitrogens with zero attached hydrogens (tertiary/aromatic N) is 2. The highest BCUT2D eigenvalue weighted by molar-refractivity contribution is 7.88. The van der Waals surface area contributed by atoms with Crippen LogP contribution in [0.5, 0.6) is 0 Å². The van der Waals surface area contributed by atoms with Gasteiger partial charge in [0, 0.05) is 44.2 Å². The summed E-state index contributed by atoms with van der Waals surface area (Å²) in [7, 11) is -3.29. The van der Waals surface area contributed by atoms with Crippen molar-refractivity contribution in [2.45, 2.75) is 51.2 Å². The van der Waals surface area contributed by atoms with Crippen molar-refractivity contribution in [3.05, 3.63) is 0 Å². The van der Waals surface area contributed by atoms with Crippen molar-refractivity contribution in [2.24, 2.45) is 11.8 Å². The number of carbonyl (C=O) groups excluding carboxylic acids is 2. The third-order valence-corrected chi connectivity index (χ3v) is 6.19. The van der Waals surface area contributed by atoms with Crippen molar-refractivity contribution in [1.29, 1.82) is 0 Å². The van der Waals surface area contributed by atoms with Crippen molar-refractivity contribution < 1.29 is 18.0 Å². The maximum Gasteiger partial charge on any atom is 0.242 e. The number of rotatable bonds is 7. The molecule has 0 spiro atoms. The average Bonchev–Trinajstić information content (AvgIpc) is 3.24. The van der Waals surface area contributed by atoms with Gasteiger partial charge in [-0.3, -0.25) is 14.5 Å². The highest BCUT2D eigenvalue weighted by atomic mass is 32.2. The van der Waals surface area contributed by atoms with Gasteiger partial charge in [0.2, 0.25) is 21.8 Å². The molecule has 3 fully saturated rings. The van der Waals surface area contributed by atoms with Gasteiger partial charge < -0.3 is 10.2 Å². The molecule has 0 aromatic heterocycles. The molecule has 2 amide bonds. The van der Waals surface area contributed by atoms with Crippen LogP contribution in [0.15, 0.2) is 0 Å². The molecule has 1 saturated carbocycles. The fourth-order valence-corrected chi connectivity index (χ4v) is 4.72. The summed E-state index contributed by atoms with van der Waals surface area (Å²) in [5.74, 6) is 0.477. The molecule has 0 radical (unpaired) electrons. The summed E-state index contributed by atoms with van der Waals surface area (Å²) in [6.07, 6.45) is 4.19. The SMILES string of the molecule is CC(C)C(=O)NC[C@H]1C(=O)N2C[C@@H](NS(C)(=O)=O)C[C@H]2CN1CC1CC1. The Bertz CT molecular complexity index is 662. The molecule has 26 heavy (non-hydrogen) atoms. The van der Waals surface area contributed by atoms with Gasteiger partial charge in [-0.1, -0.05) is 13.8 Å². The average molecular weight is 387 g/mol. The van der Waals surface area contributed by atoms with E-state index in [0.29, 0.717) is 25.4 Å². The first-order valence-electron chi connectivity index (χ1n) is 9.43. The Morgan fingerprint density at radius 3 is 2.54 bits per heavy atom. The first-order valence-corrected chi connectivity index (χ1v) is 11.3. The van der Waals surface area contributed by atoms with Crippen LogP contribution in [0, 0.1) is 11.8 Å². The first-order chi connectivity index (χ1) is 12.1. The van der Waals surface area contributed by atoms with E-state index in [1.807, 2.05) is 13.8 Å². The zero-order valence-corrected chi connectivity index (χ0v) is 16.6. The van der Waals surface area contributed by atoms with E-state index >= 15 is 0 Å². The van der Waals surface area contributed by atoms with E-state index in [-0.39, 0.29) is 35.9 Å². The summed E-state index contributed by atoms with van der Waals surface area (Å²) in [5.41, 5.74) is 0. The van der Waals surface area contributed by atoms with E-state index in [2.05, 4.69) is 14.9 Å². The monoisotopic (exact) mass is 386 g/mol. The third-order valence-electron chi connectivity index (χ3n) is 5.43. The Morgan fingerprint density at radius 1 is 1.27 bits per heavy atom. The van der Waals surface area contributed by atoms with Crippen molar-refractivity contribution in [3.63, 3.8) is 0 Å². The molecule has 2 N–H and O–H groups in total. The topological polar surface area (TPSA) is 98.8 Å². The Balaban J connectivity index is 1.69. The van der Waals surface area contributed by atoms with Gasteiger partial charge in [-0.25, -0.2) is 13.1 Å². The van der Waals surface area contributed by atoms with Crippen LogP contribution in [0.1, 0.15) is 33.1 Å². The third kappa shape index (κ3) is 4.75. The number of piperazine rings is 1. The van der Waals surface area contributed by atoms with E-state index in [4.69, 9.17) is 0 Å². The molecule has 0 bridgehead atoms. The fraction of sp³-hybridized carbons (Fsp3) is 0.882. The quantitative estimate of drug-likeness (QED) is 0.607. The van der Waals surface area contributed by atoms with Gasteiger partial charge >= 0.3 is 0 Å². The van der Waals surface area contributed by atoms with Crippen molar-refractivity contribution in [2.75, 3.05) is 32.4 Å². The van der Waals surface area contributed by atoms with E-state index < -0.39 is 10.0 Å². The summed E-state index contributed by atoms with van der Waals surface area (Å²) in [6, 6.07) is -0.546. The minimum atomic E-state index is -3.29. The van der Waals surface area contributed by atoms with Crippen LogP contribution in [-0.2, 0) is 19.6 Å². The van der Waals surface area contributed by atoms with E-state index in [0.717, 1.165) is 19.3 Å². The lowest BCUT2D eigenvalue weighted by Gasteiger charge is -2.43. The number of amides is 2. The lowest BCUT2D eigenvalue weighted by Crippen LogP contribution is -2.63. The summed E-state index contributed by atoms with van der Waals surface area (Å²) in [4.78, 5) is 29.0. The Morgan fingerprint density at radius 2 is 1.96 bits per heavy atom. The normalized spacial score (nSPS) is 29.9. The lowest BCUT2D eigenvalue weighted by molar-refractivity contribution is -0.144. The van der Waals surface area contributed by atoms with Gasteiger partial charge in [0.25, 0.3) is 0 Å². The van der Waals surface area contributed by atoms with Gasteiger partial charge in [0.15, 0.2) is 0 Å². The molecule has 0 aromatic rings. The molecule has 0 aromatic carbocycles. The van der Waals surface area contributed by atoms with Crippen LogP contribution in [0.2, 0.25) is 0 Å². The summed E-state index contributed by atoms with van der Waals surface area (Å²) in [5, 5.41) is 2.90. The number of sulfonamides is 1. The number of hydrogen-bond acceptors (Lipinski definition) is 5. The zero-order valence-electron chi connectivity index (χ0n) is 15.8. The molecule has 3 atom stereocenters. The molecule has 2 saturated heterocycles. The molecule has 2 heterocycles. The van der Waals surface area contributed by atoms with Gasteiger partial charge in [0.1, 0.15) is 6.04 Å². The highest BCUT2D eigenvalue weighted by Gasteiger charge is 2.46. The Kier molecular flexibility index (Phi) is 5.60. The molecule has 1 aliphatic carbocycles.